The van der Waals surface area contributed by atoms with Gasteiger partial charge in [0.05, 0.1) is 25.5 Å². The van der Waals surface area contributed by atoms with Gasteiger partial charge in [-0.2, -0.15) is 18.3 Å². The highest BCUT2D eigenvalue weighted by molar-refractivity contribution is 6.06. The highest BCUT2D eigenvalue weighted by Gasteiger charge is 2.34. The molecule has 0 saturated heterocycles. The van der Waals surface area contributed by atoms with Crippen LogP contribution in [0.25, 0.3) is 16.9 Å². The topological polar surface area (TPSA) is 70.4 Å². The van der Waals surface area contributed by atoms with Gasteiger partial charge in [-0.1, -0.05) is 18.2 Å². The maximum Gasteiger partial charge on any atom is 0.416 e. The molecule has 0 amide bonds. The average molecular weight is 422 g/mol. The Morgan fingerprint density at radius 1 is 0.967 bits per heavy atom. The van der Waals surface area contributed by atoms with Crippen LogP contribution in [0.1, 0.15) is 26.4 Å². The Balaban J connectivity index is 2.34. The summed E-state index contributed by atoms with van der Waals surface area (Å²) in [5.41, 5.74) is -2.45. The minimum Gasteiger partial charge on any atom is -0.465 e. The van der Waals surface area contributed by atoms with Crippen molar-refractivity contribution >= 4 is 11.9 Å². The number of aromatic nitrogens is 2. The lowest BCUT2D eigenvalue weighted by Gasteiger charge is -2.09. The number of ether oxygens (including phenoxy) is 2. The van der Waals surface area contributed by atoms with Gasteiger partial charge in [0.25, 0.3) is 0 Å². The molecule has 1 aromatic heterocycles. The van der Waals surface area contributed by atoms with Crippen molar-refractivity contribution in [2.45, 2.75) is 6.18 Å². The van der Waals surface area contributed by atoms with E-state index in [2.05, 4.69) is 5.10 Å². The fraction of sp³-hybridized carbons (Fsp3) is 0.150. The third kappa shape index (κ3) is 3.76. The summed E-state index contributed by atoms with van der Waals surface area (Å²) in [6.07, 6.45) is -4.76. The van der Waals surface area contributed by atoms with E-state index in [-0.39, 0.29) is 17.5 Å². The van der Waals surface area contributed by atoms with Gasteiger partial charge in [0, 0.05) is 5.56 Å². The number of benzene rings is 2. The highest BCUT2D eigenvalue weighted by Crippen LogP contribution is 2.35. The highest BCUT2D eigenvalue weighted by atomic mass is 19.4. The number of rotatable bonds is 4. The molecule has 3 aromatic rings. The predicted octanol–water partition coefficient (Wildman–Crippen LogP) is 4.27. The third-order valence-corrected chi connectivity index (χ3v) is 4.21. The second-order valence-corrected chi connectivity index (χ2v) is 6.00. The zero-order valence-corrected chi connectivity index (χ0v) is 15.7. The molecule has 0 aliphatic rings. The first-order valence-corrected chi connectivity index (χ1v) is 8.41. The number of carbonyl (C=O) groups excluding carboxylic acids is 2. The molecule has 0 bridgehead atoms. The fourth-order valence-electron chi connectivity index (χ4n) is 2.83. The average Bonchev–Trinajstić information content (AvgIpc) is 3.12. The molecule has 10 heteroatoms. The van der Waals surface area contributed by atoms with Crippen molar-refractivity contribution in [3.63, 3.8) is 0 Å². The first-order chi connectivity index (χ1) is 14.2. The SMILES string of the molecule is COC(=O)c1c(-c2ccc(C(F)(F)F)cc2F)nn(-c2ccccc2)c1C(=O)OC. The molecular formula is C20H14F4N2O4. The van der Waals surface area contributed by atoms with Crippen LogP contribution in [0.5, 0.6) is 0 Å². The van der Waals surface area contributed by atoms with Crippen molar-refractivity contribution < 1.29 is 36.6 Å². The predicted molar refractivity (Wildman–Crippen MR) is 96.6 cm³/mol. The lowest BCUT2D eigenvalue weighted by molar-refractivity contribution is -0.137. The van der Waals surface area contributed by atoms with Gasteiger partial charge < -0.3 is 9.47 Å². The van der Waals surface area contributed by atoms with Crippen molar-refractivity contribution in [3.8, 4) is 16.9 Å². The number of alkyl halides is 3. The molecule has 0 unspecified atom stereocenters. The van der Waals surface area contributed by atoms with Crippen molar-refractivity contribution in [1.29, 1.82) is 0 Å². The van der Waals surface area contributed by atoms with E-state index in [9.17, 15) is 27.2 Å². The van der Waals surface area contributed by atoms with Gasteiger partial charge in [-0.05, 0) is 30.3 Å². The first kappa shape index (κ1) is 21.0. The Morgan fingerprint density at radius 3 is 2.13 bits per heavy atom. The van der Waals surface area contributed by atoms with Gasteiger partial charge in [0.1, 0.15) is 17.1 Å². The molecule has 0 aliphatic carbocycles. The molecule has 30 heavy (non-hydrogen) atoms. The molecule has 0 N–H and O–H groups in total. The standard InChI is InChI=1S/C20H14F4N2O4/c1-29-18(27)15-16(13-9-8-11(10-14(13)21)20(22,23)24)25-26(17(15)19(28)30-2)12-6-4-3-5-7-12/h3-10H,1-2H3. The van der Waals surface area contributed by atoms with Crippen LogP contribution < -0.4 is 0 Å². The summed E-state index contributed by atoms with van der Waals surface area (Å²) in [6, 6.07) is 9.86. The van der Waals surface area contributed by atoms with E-state index in [0.717, 1.165) is 25.0 Å². The Labute approximate surface area is 167 Å². The molecule has 0 radical (unpaired) electrons. The normalized spacial score (nSPS) is 11.3. The molecule has 6 nitrogen and oxygen atoms in total. The molecule has 3 rings (SSSR count). The van der Waals surface area contributed by atoms with Gasteiger partial charge in [-0.15, -0.1) is 0 Å². The van der Waals surface area contributed by atoms with Crippen LogP contribution in [0, 0.1) is 5.82 Å². The van der Waals surface area contributed by atoms with E-state index in [1.807, 2.05) is 0 Å². The van der Waals surface area contributed by atoms with Crippen LogP contribution in [-0.2, 0) is 15.7 Å². The van der Waals surface area contributed by atoms with E-state index in [1.165, 1.54) is 0 Å². The Bertz CT molecular complexity index is 1110. The zero-order chi connectivity index (χ0) is 22.1. The van der Waals surface area contributed by atoms with E-state index in [4.69, 9.17) is 9.47 Å². The largest absolute Gasteiger partial charge is 0.465 e. The van der Waals surface area contributed by atoms with Gasteiger partial charge in [0.15, 0.2) is 5.69 Å². The van der Waals surface area contributed by atoms with E-state index < -0.39 is 40.6 Å². The molecule has 0 fully saturated rings. The summed E-state index contributed by atoms with van der Waals surface area (Å²) < 4.78 is 63.7. The monoisotopic (exact) mass is 422 g/mol. The lowest BCUT2D eigenvalue weighted by atomic mass is 10.0. The number of nitrogens with zero attached hydrogens (tertiary/aromatic N) is 2. The van der Waals surface area contributed by atoms with Gasteiger partial charge in [-0.3, -0.25) is 0 Å². The van der Waals surface area contributed by atoms with Gasteiger partial charge in [-0.25, -0.2) is 18.7 Å². The summed E-state index contributed by atoms with van der Waals surface area (Å²) in [4.78, 5) is 24.9. The van der Waals surface area contributed by atoms with Crippen molar-refractivity contribution in [3.05, 3.63) is 71.2 Å². The maximum absolute atomic E-state index is 14.6. The van der Waals surface area contributed by atoms with Crippen LogP contribution in [-0.4, -0.2) is 35.9 Å². The molecule has 0 saturated carbocycles. The zero-order valence-electron chi connectivity index (χ0n) is 15.7. The number of methoxy groups -OCH3 is 2. The number of esters is 2. The Morgan fingerprint density at radius 2 is 1.60 bits per heavy atom. The molecule has 0 spiro atoms. The van der Waals surface area contributed by atoms with E-state index in [1.54, 1.807) is 30.3 Å². The van der Waals surface area contributed by atoms with Crippen molar-refractivity contribution in [1.82, 2.24) is 9.78 Å². The minimum absolute atomic E-state index is 0.287. The van der Waals surface area contributed by atoms with Crippen LogP contribution in [0.15, 0.2) is 48.5 Å². The van der Waals surface area contributed by atoms with Crippen molar-refractivity contribution in [2.24, 2.45) is 0 Å². The van der Waals surface area contributed by atoms with Gasteiger partial charge >= 0.3 is 18.1 Å². The molecule has 0 aliphatic heterocycles. The van der Waals surface area contributed by atoms with Crippen LogP contribution in [0.4, 0.5) is 17.6 Å². The third-order valence-electron chi connectivity index (χ3n) is 4.21. The quantitative estimate of drug-likeness (QED) is 0.464. The van der Waals surface area contributed by atoms with Gasteiger partial charge in [0.2, 0.25) is 0 Å². The van der Waals surface area contributed by atoms with Crippen LogP contribution in [0.2, 0.25) is 0 Å². The summed E-state index contributed by atoms with van der Waals surface area (Å²) in [5, 5.41) is 4.14. The minimum atomic E-state index is -4.76. The summed E-state index contributed by atoms with van der Waals surface area (Å²) in [7, 11) is 2.11. The van der Waals surface area contributed by atoms with Crippen LogP contribution >= 0.6 is 0 Å². The number of para-hydroxylation sites is 1. The van der Waals surface area contributed by atoms with E-state index in [0.29, 0.717) is 11.8 Å². The maximum atomic E-state index is 14.6. The molecule has 0 atom stereocenters. The molecule has 2 aromatic carbocycles. The second kappa shape index (κ2) is 7.97. The Kier molecular flexibility index (Phi) is 5.59. The number of hydrogen-bond acceptors (Lipinski definition) is 5. The number of halogens is 4. The molecule has 1 heterocycles. The smallest absolute Gasteiger partial charge is 0.416 e. The number of hydrogen-bond donors (Lipinski definition) is 0. The van der Waals surface area contributed by atoms with Crippen molar-refractivity contribution in [2.75, 3.05) is 14.2 Å². The van der Waals surface area contributed by atoms with E-state index >= 15 is 0 Å². The summed E-state index contributed by atoms with van der Waals surface area (Å²) in [5.74, 6) is -3.28. The first-order valence-electron chi connectivity index (χ1n) is 8.41. The summed E-state index contributed by atoms with van der Waals surface area (Å²) in [6.45, 7) is 0. The summed E-state index contributed by atoms with van der Waals surface area (Å²) >= 11 is 0. The lowest BCUT2D eigenvalue weighted by Crippen LogP contribution is -2.15. The molecule has 156 valence electrons. The van der Waals surface area contributed by atoms with Crippen LogP contribution in [0.3, 0.4) is 0 Å². The number of carbonyl (C=O) groups is 2. The Hall–Kier alpha value is -3.69. The second-order valence-electron chi connectivity index (χ2n) is 6.00. The molecular weight excluding hydrogens is 408 g/mol. The fourth-order valence-corrected chi connectivity index (χ4v) is 2.83.